The Hall–Kier alpha value is -5.40. The van der Waals surface area contributed by atoms with Gasteiger partial charge in [-0.05, 0) is 89.5 Å². The lowest BCUT2D eigenvalue weighted by Gasteiger charge is -2.19. The SMILES string of the molecule is [2H]c1c([2H])c([2H])c2c(-c3c([2H])c4c([2H])c([2H])c([2H])c([2H])c4c4c([2H])c([2H])c([2H])c([2H])c34)c3c([2H])c([2H])c([2H])c([2H])c3c(-c3c([2H])c([2H])c4c(oc5ccccc54)c3[2H])c2c1[2H]. The van der Waals surface area contributed by atoms with Gasteiger partial charge in [0.25, 0.3) is 0 Å². The van der Waals surface area contributed by atoms with E-state index in [9.17, 15) is 11.0 Å². The van der Waals surface area contributed by atoms with E-state index in [0.717, 1.165) is 0 Å². The predicted octanol–water partition coefficient (Wildman–Crippen LogP) is 11.5. The van der Waals surface area contributed by atoms with E-state index in [1.807, 2.05) is 0 Å². The Balaban J connectivity index is 1.69. The molecule has 0 aliphatic rings. The highest BCUT2D eigenvalue weighted by atomic mass is 16.3. The number of hydrogen-bond acceptors (Lipinski definition) is 1. The monoisotopic (exact) mass is 540 g/mol. The average molecular weight is 541 g/mol. The molecule has 0 saturated heterocycles. The first-order valence-electron chi connectivity index (χ1n) is 22.5. The summed E-state index contributed by atoms with van der Waals surface area (Å²) in [5.74, 6) is 0. The van der Waals surface area contributed by atoms with Crippen LogP contribution in [0.1, 0.15) is 27.4 Å². The molecular formula is C40H24O. The Labute approximate surface area is 265 Å². The minimum atomic E-state index is -0.878. The molecule has 1 heterocycles. The molecule has 0 fully saturated rings. The van der Waals surface area contributed by atoms with Crippen molar-refractivity contribution in [2.24, 2.45) is 0 Å². The Morgan fingerprint density at radius 1 is 0.415 bits per heavy atom. The molecule has 1 heteroatoms. The smallest absolute Gasteiger partial charge is 0.136 e. The van der Waals surface area contributed by atoms with Gasteiger partial charge in [0.2, 0.25) is 0 Å². The largest absolute Gasteiger partial charge is 0.456 e. The summed E-state index contributed by atoms with van der Waals surface area (Å²) in [6.45, 7) is 0. The van der Waals surface area contributed by atoms with Gasteiger partial charge in [0.15, 0.2) is 0 Å². The molecule has 0 saturated carbocycles. The van der Waals surface area contributed by atoms with E-state index in [0.29, 0.717) is 5.39 Å². The summed E-state index contributed by atoms with van der Waals surface area (Å²) in [5, 5.41) is -3.84. The molecule has 0 amide bonds. The van der Waals surface area contributed by atoms with E-state index in [4.69, 9.17) is 20.9 Å². The van der Waals surface area contributed by atoms with E-state index in [1.165, 1.54) is 0 Å². The Morgan fingerprint density at radius 3 is 1.73 bits per heavy atom. The van der Waals surface area contributed by atoms with Gasteiger partial charge < -0.3 is 4.42 Å². The molecule has 0 aliphatic heterocycles. The summed E-state index contributed by atoms with van der Waals surface area (Å²) < 4.78 is 187. The van der Waals surface area contributed by atoms with Crippen LogP contribution in [0.25, 0.3) is 87.3 Å². The van der Waals surface area contributed by atoms with Gasteiger partial charge in [0.1, 0.15) is 11.2 Å². The van der Waals surface area contributed by atoms with E-state index in [2.05, 4.69) is 0 Å². The number of para-hydroxylation sites is 1. The van der Waals surface area contributed by atoms with Crippen LogP contribution in [0.2, 0.25) is 0 Å². The van der Waals surface area contributed by atoms with Crippen molar-refractivity contribution in [1.82, 2.24) is 0 Å². The second-order valence-corrected chi connectivity index (χ2v) is 9.30. The molecule has 1 aromatic heterocycles. The molecule has 0 N–H and O–H groups in total. The highest BCUT2D eigenvalue weighted by Crippen LogP contribution is 2.47. The molecule has 190 valence electrons. The Kier molecular flexibility index (Phi) is 2.20. The maximum absolute atomic E-state index is 9.72. The molecule has 41 heavy (non-hydrogen) atoms. The van der Waals surface area contributed by atoms with E-state index in [1.54, 1.807) is 24.3 Å². The molecule has 0 bridgehead atoms. The molecule has 0 unspecified atom stereocenters. The molecule has 0 spiro atoms. The van der Waals surface area contributed by atoms with Crippen molar-refractivity contribution in [2.45, 2.75) is 0 Å². The van der Waals surface area contributed by atoms with Crippen molar-refractivity contribution < 1.29 is 31.8 Å². The van der Waals surface area contributed by atoms with Crippen molar-refractivity contribution in [1.29, 1.82) is 0 Å². The van der Waals surface area contributed by atoms with Crippen LogP contribution >= 0.6 is 0 Å². The fraction of sp³-hybridized carbons (Fsp3) is 0. The zero-order chi connectivity index (χ0) is 44.3. The molecule has 0 aliphatic carbocycles. The van der Waals surface area contributed by atoms with Gasteiger partial charge in [-0.1, -0.05) is 121 Å². The van der Waals surface area contributed by atoms with Gasteiger partial charge in [-0.15, -0.1) is 0 Å². The van der Waals surface area contributed by atoms with Crippen molar-refractivity contribution >= 4 is 65.0 Å². The van der Waals surface area contributed by atoms with Gasteiger partial charge in [-0.3, -0.25) is 0 Å². The molecule has 9 aromatic rings. The number of furan rings is 1. The van der Waals surface area contributed by atoms with Gasteiger partial charge >= 0.3 is 0 Å². The van der Waals surface area contributed by atoms with Crippen LogP contribution < -0.4 is 0 Å². The summed E-state index contributed by atoms with van der Waals surface area (Å²) >= 11 is 0. The topological polar surface area (TPSA) is 13.1 Å². The maximum Gasteiger partial charge on any atom is 0.136 e. The van der Waals surface area contributed by atoms with Gasteiger partial charge in [0.05, 0.1) is 27.4 Å². The van der Waals surface area contributed by atoms with E-state index in [-0.39, 0.29) is 16.6 Å². The van der Waals surface area contributed by atoms with Crippen LogP contribution in [0.5, 0.6) is 0 Å². The third-order valence-electron chi connectivity index (χ3n) is 7.15. The first-order valence-corrected chi connectivity index (χ1v) is 12.5. The van der Waals surface area contributed by atoms with E-state index >= 15 is 0 Å². The van der Waals surface area contributed by atoms with Crippen LogP contribution in [-0.4, -0.2) is 0 Å². The lowest BCUT2D eigenvalue weighted by Crippen LogP contribution is -1.92. The van der Waals surface area contributed by atoms with Crippen LogP contribution in [0.15, 0.2) is 150 Å². The molecule has 9 rings (SSSR count). The lowest BCUT2D eigenvalue weighted by molar-refractivity contribution is 0.669. The first-order chi connectivity index (χ1) is 28.7. The number of fused-ring (bicyclic) bond motifs is 8. The predicted molar refractivity (Wildman–Crippen MR) is 175 cm³/mol. The standard InChI is InChI=1S/C40H24O/c1-2-12-27-25(11-1)23-36(29-14-4-3-13-28(27)29)40-34-18-7-5-16-32(34)39(33-17-6-8-19-35(33)40)26-21-22-31-30-15-9-10-20-37(30)41-38(31)24-26/h1-24H/i1D,2D,3D,4D,5D,6D,7D,8D,11D,12D,13D,14D,16D,17D,18D,19D,21D,22D,23D,24D. The van der Waals surface area contributed by atoms with Gasteiger partial charge in [-0.25, -0.2) is 0 Å². The average Bonchev–Trinajstić information content (AvgIpc) is 3.64. The quantitative estimate of drug-likeness (QED) is 0.157. The summed E-state index contributed by atoms with van der Waals surface area (Å²) in [6, 6.07) is -9.35. The third kappa shape index (κ3) is 3.24. The van der Waals surface area contributed by atoms with Crippen LogP contribution in [0.4, 0.5) is 0 Å². The Morgan fingerprint density at radius 2 is 1.00 bits per heavy atom. The summed E-state index contributed by atoms with van der Waals surface area (Å²) in [7, 11) is 0. The Bertz CT molecular complexity index is 3510. The summed E-state index contributed by atoms with van der Waals surface area (Å²) in [4.78, 5) is 0. The number of hydrogen-bond donors (Lipinski definition) is 0. The normalized spacial score (nSPS) is 18.7. The molecule has 0 atom stereocenters. The summed E-state index contributed by atoms with van der Waals surface area (Å²) in [5.41, 5.74) is -2.13. The highest BCUT2D eigenvalue weighted by Gasteiger charge is 2.19. The minimum absolute atomic E-state index is 0.0727. The second kappa shape index (κ2) is 8.55. The maximum atomic E-state index is 9.72. The molecule has 8 aromatic carbocycles. The summed E-state index contributed by atoms with van der Waals surface area (Å²) in [6.07, 6.45) is 0. The zero-order valence-corrected chi connectivity index (χ0v) is 20.7. The lowest BCUT2D eigenvalue weighted by atomic mass is 9.84. The van der Waals surface area contributed by atoms with Crippen molar-refractivity contribution in [3.63, 3.8) is 0 Å². The van der Waals surface area contributed by atoms with Crippen molar-refractivity contribution in [3.8, 4) is 22.3 Å². The molecule has 1 nitrogen and oxygen atoms in total. The van der Waals surface area contributed by atoms with Crippen LogP contribution in [0.3, 0.4) is 0 Å². The number of rotatable bonds is 2. The highest BCUT2D eigenvalue weighted by molar-refractivity contribution is 6.26. The fourth-order valence-electron chi connectivity index (χ4n) is 5.43. The zero-order valence-electron chi connectivity index (χ0n) is 40.7. The number of benzene rings is 8. The van der Waals surface area contributed by atoms with Crippen LogP contribution in [0, 0.1) is 0 Å². The first kappa shape index (κ1) is 10.5. The second-order valence-electron chi connectivity index (χ2n) is 9.30. The molecule has 0 radical (unpaired) electrons. The minimum Gasteiger partial charge on any atom is -0.456 e. The van der Waals surface area contributed by atoms with E-state index < -0.39 is 186 Å². The van der Waals surface area contributed by atoms with Crippen molar-refractivity contribution in [3.05, 3.63) is 145 Å². The van der Waals surface area contributed by atoms with Crippen LogP contribution in [-0.2, 0) is 0 Å². The molecular weight excluding hydrogens is 496 g/mol. The third-order valence-corrected chi connectivity index (χ3v) is 7.15. The van der Waals surface area contributed by atoms with Gasteiger partial charge in [-0.2, -0.15) is 0 Å². The van der Waals surface area contributed by atoms with Crippen molar-refractivity contribution in [2.75, 3.05) is 0 Å². The van der Waals surface area contributed by atoms with Gasteiger partial charge in [0, 0.05) is 10.8 Å². The fourth-order valence-corrected chi connectivity index (χ4v) is 5.43.